The van der Waals surface area contributed by atoms with Gasteiger partial charge in [-0.1, -0.05) is 32.1 Å². The van der Waals surface area contributed by atoms with Crippen molar-refractivity contribution in [2.24, 2.45) is 10.9 Å². The predicted molar refractivity (Wildman–Crippen MR) is 106 cm³/mol. The highest BCUT2D eigenvalue weighted by atomic mass is 127. The SMILES string of the molecule is C=CCNC(=NC)NCC(C(C)C)N(CC=C)CC=C.I. The molecular formula is C16H31IN4. The Kier molecular flexibility index (Phi) is 15.1. The van der Waals surface area contributed by atoms with Crippen LogP contribution in [0, 0.1) is 5.92 Å². The molecular weight excluding hydrogens is 375 g/mol. The fourth-order valence-corrected chi connectivity index (χ4v) is 2.05. The summed E-state index contributed by atoms with van der Waals surface area (Å²) >= 11 is 0. The van der Waals surface area contributed by atoms with E-state index in [2.05, 4.69) is 54.1 Å². The van der Waals surface area contributed by atoms with Gasteiger partial charge in [-0.05, 0) is 5.92 Å². The Morgan fingerprint density at radius 1 is 1.10 bits per heavy atom. The van der Waals surface area contributed by atoms with Crippen LogP contribution in [0.3, 0.4) is 0 Å². The Morgan fingerprint density at radius 2 is 1.67 bits per heavy atom. The first-order valence-electron chi connectivity index (χ1n) is 7.11. The molecule has 0 spiro atoms. The minimum Gasteiger partial charge on any atom is -0.355 e. The lowest BCUT2D eigenvalue weighted by Crippen LogP contribution is -2.49. The van der Waals surface area contributed by atoms with E-state index in [9.17, 15) is 0 Å². The molecule has 21 heavy (non-hydrogen) atoms. The zero-order chi connectivity index (χ0) is 15.4. The van der Waals surface area contributed by atoms with Gasteiger partial charge in [0.15, 0.2) is 5.96 Å². The van der Waals surface area contributed by atoms with Gasteiger partial charge in [0, 0.05) is 39.3 Å². The van der Waals surface area contributed by atoms with Gasteiger partial charge >= 0.3 is 0 Å². The largest absolute Gasteiger partial charge is 0.355 e. The first-order valence-corrected chi connectivity index (χ1v) is 7.11. The second-order valence-electron chi connectivity index (χ2n) is 4.97. The Bertz CT molecular complexity index is 316. The number of halogens is 1. The van der Waals surface area contributed by atoms with E-state index in [0.29, 0.717) is 18.5 Å². The van der Waals surface area contributed by atoms with Gasteiger partial charge in [0.2, 0.25) is 0 Å². The van der Waals surface area contributed by atoms with Gasteiger partial charge in [-0.3, -0.25) is 9.89 Å². The molecule has 0 aromatic heterocycles. The third-order valence-corrected chi connectivity index (χ3v) is 3.08. The van der Waals surface area contributed by atoms with Gasteiger partial charge in [0.05, 0.1) is 0 Å². The summed E-state index contributed by atoms with van der Waals surface area (Å²) in [5.41, 5.74) is 0. The number of guanidine groups is 1. The van der Waals surface area contributed by atoms with Crippen LogP contribution >= 0.6 is 24.0 Å². The van der Waals surface area contributed by atoms with Crippen LogP contribution in [0.2, 0.25) is 0 Å². The van der Waals surface area contributed by atoms with Crippen LogP contribution in [0.5, 0.6) is 0 Å². The van der Waals surface area contributed by atoms with Crippen molar-refractivity contribution >= 4 is 29.9 Å². The van der Waals surface area contributed by atoms with Crippen molar-refractivity contribution < 1.29 is 0 Å². The van der Waals surface area contributed by atoms with E-state index in [1.54, 1.807) is 7.05 Å². The van der Waals surface area contributed by atoms with Crippen LogP contribution in [0.25, 0.3) is 0 Å². The van der Waals surface area contributed by atoms with Crippen molar-refractivity contribution in [1.29, 1.82) is 0 Å². The predicted octanol–water partition coefficient (Wildman–Crippen LogP) is 2.65. The lowest BCUT2D eigenvalue weighted by Gasteiger charge is -2.33. The number of aliphatic imine (C=N–C) groups is 1. The summed E-state index contributed by atoms with van der Waals surface area (Å²) in [6.45, 7) is 19.1. The highest BCUT2D eigenvalue weighted by Gasteiger charge is 2.20. The molecule has 0 fully saturated rings. The molecule has 0 radical (unpaired) electrons. The second-order valence-corrected chi connectivity index (χ2v) is 4.97. The van der Waals surface area contributed by atoms with Gasteiger partial charge in [0.25, 0.3) is 0 Å². The van der Waals surface area contributed by atoms with Gasteiger partial charge in [-0.25, -0.2) is 0 Å². The van der Waals surface area contributed by atoms with E-state index in [4.69, 9.17) is 0 Å². The summed E-state index contributed by atoms with van der Waals surface area (Å²) in [4.78, 5) is 6.56. The molecule has 2 N–H and O–H groups in total. The first-order chi connectivity index (χ1) is 9.60. The Morgan fingerprint density at radius 3 is 2.05 bits per heavy atom. The summed E-state index contributed by atoms with van der Waals surface area (Å²) in [5, 5.41) is 6.54. The maximum Gasteiger partial charge on any atom is 0.191 e. The van der Waals surface area contributed by atoms with Gasteiger partial charge in [-0.15, -0.1) is 43.7 Å². The molecule has 122 valence electrons. The number of nitrogens with zero attached hydrogens (tertiary/aromatic N) is 2. The standard InChI is InChI=1S/C16H30N4.HI/c1-7-10-18-16(17-6)19-13-15(14(4)5)20(11-8-2)12-9-3;/h7-9,14-15H,1-3,10-13H2,4-6H3,(H2,17,18,19);1H. The molecule has 4 nitrogen and oxygen atoms in total. The summed E-state index contributed by atoms with van der Waals surface area (Å²) < 4.78 is 0. The fraction of sp³-hybridized carbons (Fsp3) is 0.562. The number of hydrogen-bond acceptors (Lipinski definition) is 2. The molecule has 0 heterocycles. The van der Waals surface area contributed by atoms with Crippen molar-refractivity contribution in [3.63, 3.8) is 0 Å². The molecule has 0 bridgehead atoms. The van der Waals surface area contributed by atoms with Crippen LogP contribution in [-0.4, -0.2) is 50.1 Å². The van der Waals surface area contributed by atoms with E-state index in [1.807, 2.05) is 18.2 Å². The van der Waals surface area contributed by atoms with Crippen LogP contribution in [0.4, 0.5) is 0 Å². The summed E-state index contributed by atoms with van der Waals surface area (Å²) in [7, 11) is 1.77. The molecule has 0 rings (SSSR count). The fourth-order valence-electron chi connectivity index (χ4n) is 2.05. The van der Waals surface area contributed by atoms with Crippen molar-refractivity contribution in [2.45, 2.75) is 19.9 Å². The molecule has 0 aliphatic rings. The van der Waals surface area contributed by atoms with Crippen LogP contribution in [0.1, 0.15) is 13.8 Å². The molecule has 1 atom stereocenters. The third kappa shape index (κ3) is 9.68. The molecule has 0 amide bonds. The quantitative estimate of drug-likeness (QED) is 0.254. The van der Waals surface area contributed by atoms with E-state index in [0.717, 1.165) is 25.6 Å². The van der Waals surface area contributed by atoms with E-state index in [1.165, 1.54) is 0 Å². The summed E-state index contributed by atoms with van der Waals surface area (Å²) in [6, 6.07) is 0.397. The average Bonchev–Trinajstić information content (AvgIpc) is 2.42. The smallest absolute Gasteiger partial charge is 0.191 e. The van der Waals surface area contributed by atoms with E-state index in [-0.39, 0.29) is 24.0 Å². The highest BCUT2D eigenvalue weighted by Crippen LogP contribution is 2.10. The lowest BCUT2D eigenvalue weighted by molar-refractivity contribution is 0.190. The minimum atomic E-state index is 0. The molecule has 0 aromatic rings. The minimum absolute atomic E-state index is 0. The zero-order valence-electron chi connectivity index (χ0n) is 13.6. The molecule has 0 saturated heterocycles. The number of rotatable bonds is 10. The zero-order valence-corrected chi connectivity index (χ0v) is 16.0. The Hall–Kier alpha value is -0.820. The third-order valence-electron chi connectivity index (χ3n) is 3.08. The Labute approximate surface area is 147 Å². The van der Waals surface area contributed by atoms with Gasteiger partial charge in [0.1, 0.15) is 0 Å². The topological polar surface area (TPSA) is 39.7 Å². The maximum absolute atomic E-state index is 4.20. The molecule has 0 saturated carbocycles. The molecule has 5 heteroatoms. The van der Waals surface area contributed by atoms with Crippen LogP contribution in [-0.2, 0) is 0 Å². The first kappa shape index (κ1) is 22.5. The lowest BCUT2D eigenvalue weighted by atomic mass is 10.0. The number of hydrogen-bond donors (Lipinski definition) is 2. The van der Waals surface area contributed by atoms with Crippen LogP contribution in [0.15, 0.2) is 43.0 Å². The summed E-state index contributed by atoms with van der Waals surface area (Å²) in [5.74, 6) is 1.33. The molecule has 1 unspecified atom stereocenters. The maximum atomic E-state index is 4.20. The second kappa shape index (κ2) is 14.1. The van der Waals surface area contributed by atoms with Gasteiger partial charge < -0.3 is 10.6 Å². The molecule has 0 aromatic carbocycles. The van der Waals surface area contributed by atoms with Crippen molar-refractivity contribution in [3.05, 3.63) is 38.0 Å². The van der Waals surface area contributed by atoms with Crippen LogP contribution < -0.4 is 10.6 Å². The molecule has 0 aliphatic carbocycles. The normalized spacial score (nSPS) is 12.5. The monoisotopic (exact) mass is 406 g/mol. The van der Waals surface area contributed by atoms with Crippen molar-refractivity contribution in [2.75, 3.05) is 33.2 Å². The Balaban J connectivity index is 0. The van der Waals surface area contributed by atoms with E-state index < -0.39 is 0 Å². The van der Waals surface area contributed by atoms with Crippen molar-refractivity contribution in [1.82, 2.24) is 15.5 Å². The van der Waals surface area contributed by atoms with E-state index >= 15 is 0 Å². The highest BCUT2D eigenvalue weighted by molar-refractivity contribution is 14.0. The summed E-state index contributed by atoms with van der Waals surface area (Å²) in [6.07, 6.45) is 5.68. The van der Waals surface area contributed by atoms with Crippen molar-refractivity contribution in [3.8, 4) is 0 Å². The van der Waals surface area contributed by atoms with Gasteiger partial charge in [-0.2, -0.15) is 0 Å². The molecule has 0 aliphatic heterocycles. The average molecular weight is 406 g/mol. The number of nitrogens with one attached hydrogen (secondary N) is 2.